The number of anilines is 1. The van der Waals surface area contributed by atoms with Gasteiger partial charge in [0, 0.05) is 36.3 Å². The van der Waals surface area contributed by atoms with Crippen LogP contribution in [0.5, 0.6) is 5.75 Å². The summed E-state index contributed by atoms with van der Waals surface area (Å²) in [6, 6.07) is 2.60. The van der Waals surface area contributed by atoms with Gasteiger partial charge in [-0.25, -0.2) is 13.4 Å². The van der Waals surface area contributed by atoms with Crippen molar-refractivity contribution < 1.29 is 44.3 Å². The summed E-state index contributed by atoms with van der Waals surface area (Å²) in [4.78, 5) is 16.5. The van der Waals surface area contributed by atoms with Gasteiger partial charge >= 0.3 is 12.5 Å². The van der Waals surface area contributed by atoms with Crippen LogP contribution in [-0.2, 0) is 9.84 Å². The summed E-state index contributed by atoms with van der Waals surface area (Å²) in [5.74, 6) is -1.86. The molecule has 2 heterocycles. The van der Waals surface area contributed by atoms with Gasteiger partial charge in [-0.15, -0.1) is 13.2 Å². The summed E-state index contributed by atoms with van der Waals surface area (Å²) in [7, 11) is -3.25. The first kappa shape index (κ1) is 25.8. The number of ether oxygens (including phenoxy) is 1. The zero-order valence-corrected chi connectivity index (χ0v) is 18.4. The molecule has 0 unspecified atom stereocenters. The highest BCUT2D eigenvalue weighted by atomic mass is 32.2. The van der Waals surface area contributed by atoms with Gasteiger partial charge in [-0.3, -0.25) is 4.79 Å². The average Bonchev–Trinajstić information content (AvgIpc) is 2.68. The maximum absolute atomic E-state index is 12.9. The Hall–Kier alpha value is -2.81. The van der Waals surface area contributed by atoms with E-state index in [9.17, 15) is 39.6 Å². The lowest BCUT2D eigenvalue weighted by Crippen LogP contribution is -2.50. The van der Waals surface area contributed by atoms with E-state index in [0.29, 0.717) is 6.07 Å². The third kappa shape index (κ3) is 7.09. The quantitative estimate of drug-likeness (QED) is 0.509. The van der Waals surface area contributed by atoms with Crippen molar-refractivity contribution in [1.29, 1.82) is 0 Å². The lowest BCUT2D eigenvalue weighted by molar-refractivity contribution is -0.274. The number of carbonyl (C=O) groups excluding carboxylic acids is 1. The number of rotatable bonds is 6. The number of fused-ring (bicyclic) bond motifs is 1. The van der Waals surface area contributed by atoms with Crippen LogP contribution >= 0.6 is 0 Å². The van der Waals surface area contributed by atoms with E-state index in [1.165, 1.54) is 19.1 Å². The van der Waals surface area contributed by atoms with E-state index in [2.05, 4.69) is 20.4 Å². The highest BCUT2D eigenvalue weighted by molar-refractivity contribution is 7.91. The van der Waals surface area contributed by atoms with Crippen molar-refractivity contribution in [2.45, 2.75) is 25.5 Å². The SMILES string of the molecule is Cc1cc(C(=O)NC[C@@H]2CS(=O)(=O)CCN2)nc2c(OC(F)(F)F)cc(NCC(F)(F)F)cc12. The smallest absolute Gasteiger partial charge is 0.403 e. The molecule has 1 fully saturated rings. The molecule has 1 aliphatic heterocycles. The summed E-state index contributed by atoms with van der Waals surface area (Å²) in [6.07, 6.45) is -9.77. The molecule has 1 amide bonds. The van der Waals surface area contributed by atoms with Gasteiger partial charge in [0.1, 0.15) is 17.8 Å². The van der Waals surface area contributed by atoms with Crippen LogP contribution in [0.3, 0.4) is 0 Å². The number of carbonyl (C=O) groups is 1. The number of sulfone groups is 1. The Morgan fingerprint density at radius 3 is 2.53 bits per heavy atom. The molecule has 8 nitrogen and oxygen atoms in total. The lowest BCUT2D eigenvalue weighted by atomic mass is 10.1. The number of aryl methyl sites for hydroxylation is 1. The molecule has 1 aliphatic rings. The molecule has 188 valence electrons. The second-order valence-electron chi connectivity index (χ2n) is 7.69. The second-order valence-corrected chi connectivity index (χ2v) is 9.92. The van der Waals surface area contributed by atoms with Crippen molar-refractivity contribution in [3.63, 3.8) is 0 Å². The monoisotopic (exact) mass is 514 g/mol. The van der Waals surface area contributed by atoms with Crippen molar-refractivity contribution in [3.05, 3.63) is 29.5 Å². The largest absolute Gasteiger partial charge is 0.573 e. The van der Waals surface area contributed by atoms with Gasteiger partial charge in [-0.2, -0.15) is 13.2 Å². The van der Waals surface area contributed by atoms with E-state index in [1.54, 1.807) is 0 Å². The van der Waals surface area contributed by atoms with E-state index >= 15 is 0 Å². The number of alkyl halides is 6. The third-order valence-corrected chi connectivity index (χ3v) is 6.58. The van der Waals surface area contributed by atoms with E-state index in [-0.39, 0.29) is 52.4 Å². The minimum atomic E-state index is -5.17. The van der Waals surface area contributed by atoms with Gasteiger partial charge in [-0.05, 0) is 24.6 Å². The van der Waals surface area contributed by atoms with Crippen molar-refractivity contribution >= 4 is 32.3 Å². The Morgan fingerprint density at radius 1 is 1.21 bits per heavy atom. The number of nitrogens with one attached hydrogen (secondary N) is 3. The van der Waals surface area contributed by atoms with Crippen molar-refractivity contribution in [1.82, 2.24) is 15.6 Å². The molecule has 0 aliphatic carbocycles. The number of pyridine rings is 1. The van der Waals surface area contributed by atoms with Gasteiger partial charge in [0.05, 0.1) is 11.5 Å². The first-order valence-electron chi connectivity index (χ1n) is 9.86. The van der Waals surface area contributed by atoms with Crippen LogP contribution in [0.15, 0.2) is 18.2 Å². The number of aromatic nitrogens is 1. The highest BCUT2D eigenvalue weighted by Gasteiger charge is 2.33. The molecular formula is C19H20F6N4O4S. The molecule has 1 atom stereocenters. The average molecular weight is 514 g/mol. The van der Waals surface area contributed by atoms with Gasteiger partial charge in [0.25, 0.3) is 5.91 Å². The molecule has 3 N–H and O–H groups in total. The maximum atomic E-state index is 12.9. The van der Waals surface area contributed by atoms with Crippen LogP contribution in [0.2, 0.25) is 0 Å². The number of nitrogens with zero attached hydrogens (tertiary/aromatic N) is 1. The Labute approximate surface area is 190 Å². The molecule has 1 aromatic heterocycles. The molecule has 0 bridgehead atoms. The minimum absolute atomic E-state index is 0.0231. The fourth-order valence-corrected chi connectivity index (χ4v) is 4.83. The van der Waals surface area contributed by atoms with Crippen LogP contribution < -0.4 is 20.7 Å². The van der Waals surface area contributed by atoms with E-state index in [4.69, 9.17) is 0 Å². The van der Waals surface area contributed by atoms with Gasteiger partial charge in [0.2, 0.25) is 0 Å². The van der Waals surface area contributed by atoms with Crippen LogP contribution in [0.1, 0.15) is 16.1 Å². The third-order valence-electron chi connectivity index (χ3n) is 4.85. The van der Waals surface area contributed by atoms with Crippen LogP contribution in [0.25, 0.3) is 10.9 Å². The van der Waals surface area contributed by atoms with Gasteiger partial charge in [0.15, 0.2) is 15.6 Å². The molecule has 2 aromatic rings. The Balaban J connectivity index is 1.90. The van der Waals surface area contributed by atoms with Crippen LogP contribution in [-0.4, -0.2) is 69.0 Å². The van der Waals surface area contributed by atoms with E-state index in [0.717, 1.165) is 0 Å². The van der Waals surface area contributed by atoms with Crippen molar-refractivity contribution in [2.24, 2.45) is 0 Å². The zero-order chi connectivity index (χ0) is 25.3. The van der Waals surface area contributed by atoms with Crippen LogP contribution in [0.4, 0.5) is 32.0 Å². The molecule has 0 spiro atoms. The first-order valence-corrected chi connectivity index (χ1v) is 11.7. The lowest BCUT2D eigenvalue weighted by Gasteiger charge is -2.23. The topological polar surface area (TPSA) is 109 Å². The Bertz CT molecular complexity index is 1180. The number of halogens is 6. The van der Waals surface area contributed by atoms with E-state index in [1.807, 2.05) is 5.32 Å². The van der Waals surface area contributed by atoms with E-state index < -0.39 is 46.6 Å². The highest BCUT2D eigenvalue weighted by Crippen LogP contribution is 2.35. The second kappa shape index (κ2) is 9.44. The van der Waals surface area contributed by atoms with Gasteiger partial charge < -0.3 is 20.7 Å². The molecule has 1 saturated heterocycles. The Kier molecular flexibility index (Phi) is 7.17. The van der Waals surface area contributed by atoms with Gasteiger partial charge in [-0.1, -0.05) is 0 Å². The fraction of sp³-hybridized carbons (Fsp3) is 0.474. The molecule has 0 saturated carbocycles. The van der Waals surface area contributed by atoms with Crippen molar-refractivity contribution in [2.75, 3.05) is 36.5 Å². The Morgan fingerprint density at radius 2 is 1.91 bits per heavy atom. The summed E-state index contributed by atoms with van der Waals surface area (Å²) >= 11 is 0. The fourth-order valence-electron chi connectivity index (χ4n) is 3.39. The van der Waals surface area contributed by atoms with Crippen LogP contribution in [0, 0.1) is 6.92 Å². The number of hydrogen-bond acceptors (Lipinski definition) is 7. The molecule has 34 heavy (non-hydrogen) atoms. The normalized spacial score (nSPS) is 18.5. The molecule has 0 radical (unpaired) electrons. The standard InChI is InChI=1S/C19H20F6N4O4S/c1-10-4-14(17(30)27-7-12-8-34(31,32)3-2-26-12)29-16-13(10)5-11(28-9-18(20,21)22)6-15(16)33-19(23,24)25/h4-6,12,26,28H,2-3,7-9H2,1H3,(H,27,30)/t12-/m1/s1. The molecular weight excluding hydrogens is 494 g/mol. The summed E-state index contributed by atoms with van der Waals surface area (Å²) < 4.78 is 104. The predicted molar refractivity (Wildman–Crippen MR) is 110 cm³/mol. The maximum Gasteiger partial charge on any atom is 0.573 e. The summed E-state index contributed by atoms with van der Waals surface area (Å²) in [5, 5.41) is 7.47. The molecule has 1 aromatic carbocycles. The predicted octanol–water partition coefficient (Wildman–Crippen LogP) is 2.53. The van der Waals surface area contributed by atoms with Crippen molar-refractivity contribution in [3.8, 4) is 5.75 Å². The molecule has 3 rings (SSSR count). The number of amides is 1. The summed E-state index contributed by atoms with van der Waals surface area (Å²) in [5.41, 5.74) is -0.669. The molecule has 15 heteroatoms. The first-order chi connectivity index (χ1) is 15.6. The minimum Gasteiger partial charge on any atom is -0.403 e. The number of hydrogen-bond donors (Lipinski definition) is 3. The zero-order valence-electron chi connectivity index (χ0n) is 17.6. The number of benzene rings is 1. The summed E-state index contributed by atoms with van der Waals surface area (Å²) in [6.45, 7) is 0.116.